The van der Waals surface area contributed by atoms with Gasteiger partial charge >= 0.3 is 6.03 Å². The Hall–Kier alpha value is -6.71. The molecule has 1 unspecified atom stereocenters. The molecule has 1 atom stereocenters. The summed E-state index contributed by atoms with van der Waals surface area (Å²) in [6.45, 7) is 6.34. The number of imide groups is 2. The fourth-order valence-corrected chi connectivity index (χ4v) is 10.1. The predicted octanol–water partition coefficient (Wildman–Crippen LogP) is 6.11. The number of ether oxygens (including phenoxy) is 3. The third-order valence-electron chi connectivity index (χ3n) is 12.6. The number of likely N-dealkylation sites (tertiary alicyclic amines) is 1. The average molecular weight is 989 g/mol. The number of alkyl halides is 2. The molecule has 372 valence electrons. The number of aromatic nitrogens is 2. The van der Waals surface area contributed by atoms with Crippen molar-refractivity contribution in [3.63, 3.8) is 0 Å². The molecule has 0 aliphatic carbocycles. The minimum atomic E-state index is -3.55. The topological polar surface area (TPSA) is 185 Å². The van der Waals surface area contributed by atoms with E-state index in [-0.39, 0.29) is 49.0 Å². The van der Waals surface area contributed by atoms with Gasteiger partial charge in [0.2, 0.25) is 5.91 Å². The summed E-state index contributed by atoms with van der Waals surface area (Å²) in [5, 5.41) is 10.3. The van der Waals surface area contributed by atoms with Crippen LogP contribution in [0.3, 0.4) is 0 Å². The Balaban J connectivity index is 0.000000189. The van der Waals surface area contributed by atoms with Gasteiger partial charge < -0.3 is 24.4 Å². The number of nitrogens with one attached hydrogen (secondary N) is 2. The number of anilines is 2. The fourth-order valence-electron chi connectivity index (χ4n) is 9.17. The van der Waals surface area contributed by atoms with Crippen molar-refractivity contribution in [3.8, 4) is 23.0 Å². The third-order valence-corrected chi connectivity index (χ3v) is 13.5. The van der Waals surface area contributed by atoms with Crippen LogP contribution >= 0.6 is 0 Å². The van der Waals surface area contributed by atoms with Crippen molar-refractivity contribution in [2.45, 2.75) is 44.6 Å². The number of methoxy groups -OCH3 is 1. The maximum Gasteiger partial charge on any atom is 0.329 e. The van der Waals surface area contributed by atoms with Gasteiger partial charge in [0.25, 0.3) is 17.7 Å². The number of urea groups is 1. The van der Waals surface area contributed by atoms with Gasteiger partial charge in [0.05, 0.1) is 54.4 Å². The summed E-state index contributed by atoms with van der Waals surface area (Å²) < 4.78 is 85.2. The molecular formula is C49H55F3N8O9S. The van der Waals surface area contributed by atoms with Crippen LogP contribution in [0.5, 0.6) is 23.0 Å². The summed E-state index contributed by atoms with van der Waals surface area (Å²) in [7, 11) is -0.370. The minimum Gasteiger partial charge on any atom is -0.493 e. The van der Waals surface area contributed by atoms with Crippen LogP contribution in [0.1, 0.15) is 64.1 Å². The molecule has 0 radical (unpaired) electrons. The van der Waals surface area contributed by atoms with Crippen LogP contribution < -0.4 is 34.6 Å². The van der Waals surface area contributed by atoms with Gasteiger partial charge in [-0.3, -0.25) is 39.1 Å². The first-order valence-corrected chi connectivity index (χ1v) is 25.1. The predicted molar refractivity (Wildman–Crippen MR) is 256 cm³/mol. The summed E-state index contributed by atoms with van der Waals surface area (Å²) in [4.78, 5) is 57.2. The molecule has 2 N–H and O–H groups in total. The maximum absolute atomic E-state index is 15.0. The SMILES string of the molecule is CCOc1cc(C(CS(C)(=O)=O)N2C(=O)c3cccc(N4CCNCC4)c3C2=O)ccc1OC.Cn1nc(N2CCC(=O)NC2=O)c2cc(F)c(Oc3ccc(CCN4CCCC(F)(F)C4)cc3)cc21. The van der Waals surface area contributed by atoms with Crippen molar-refractivity contribution in [1.82, 2.24) is 30.2 Å². The summed E-state index contributed by atoms with van der Waals surface area (Å²) in [6.07, 6.45) is 2.31. The number of piperidine rings is 1. The second-order valence-corrected chi connectivity index (χ2v) is 19.8. The number of amides is 5. The molecule has 0 spiro atoms. The Morgan fingerprint density at radius 1 is 0.900 bits per heavy atom. The summed E-state index contributed by atoms with van der Waals surface area (Å²) >= 11 is 0. The number of halogens is 3. The number of aryl methyl sites for hydroxylation is 1. The number of carbonyl (C=O) groups excluding carboxylic acids is 4. The number of fused-ring (bicyclic) bond motifs is 2. The lowest BCUT2D eigenvalue weighted by Gasteiger charge is -2.32. The number of nitrogens with zero attached hydrogens (tertiary/aromatic N) is 6. The minimum absolute atomic E-state index is 0.00128. The largest absolute Gasteiger partial charge is 0.493 e. The summed E-state index contributed by atoms with van der Waals surface area (Å²) in [5.74, 6) is -3.41. The van der Waals surface area contributed by atoms with E-state index < -0.39 is 51.2 Å². The lowest BCUT2D eigenvalue weighted by Crippen LogP contribution is -2.49. The molecule has 17 nitrogen and oxygen atoms in total. The van der Waals surface area contributed by atoms with Crippen LogP contribution in [-0.4, -0.2) is 136 Å². The molecule has 3 fully saturated rings. The van der Waals surface area contributed by atoms with E-state index in [2.05, 4.69) is 20.6 Å². The highest BCUT2D eigenvalue weighted by Gasteiger charge is 2.44. The molecule has 4 aliphatic rings. The number of hydrogen-bond donors (Lipinski definition) is 2. The lowest BCUT2D eigenvalue weighted by atomic mass is 10.1. The van der Waals surface area contributed by atoms with Gasteiger partial charge in [0, 0.05) is 76.9 Å². The van der Waals surface area contributed by atoms with Crippen LogP contribution in [0.15, 0.2) is 72.8 Å². The van der Waals surface area contributed by atoms with Crippen LogP contribution in [0.25, 0.3) is 10.9 Å². The zero-order valence-corrected chi connectivity index (χ0v) is 40.1. The van der Waals surface area contributed by atoms with E-state index in [1.165, 1.54) is 28.8 Å². The van der Waals surface area contributed by atoms with Crippen molar-refractivity contribution in [1.29, 1.82) is 0 Å². The Labute approximate surface area is 403 Å². The fraction of sp³-hybridized carbons (Fsp3) is 0.408. The summed E-state index contributed by atoms with van der Waals surface area (Å²) in [6, 6.07) is 18.5. The quantitative estimate of drug-likeness (QED) is 0.122. The molecule has 0 saturated carbocycles. The van der Waals surface area contributed by atoms with Gasteiger partial charge in [-0.15, -0.1) is 0 Å². The average Bonchev–Trinajstić information content (AvgIpc) is 3.77. The number of carbonyl (C=O) groups is 4. The molecule has 5 aromatic rings. The van der Waals surface area contributed by atoms with Crippen molar-refractivity contribution in [2.75, 3.05) is 87.9 Å². The molecule has 21 heteroatoms. The number of sulfone groups is 1. The standard InChI is InChI=1S/C25H26F3N5O3.C24H29N3O6S/c1-31-20-14-21(19(26)13-18(20)23(30-31)33-12-8-22(34)29-24(33)35)36-17-5-3-16(4-6-17)7-11-32-10-2-9-25(27,28)15-32;1-4-33-21-14-16(8-9-20(21)32-2)19(15-34(3,30)31)27-23(28)17-6-5-7-18(22(17)24(27)29)26-12-10-25-11-13-26/h3-6,13-14H,2,7-12,15H2,1H3,(H,29,34,35);5-9,14,19,25H,4,10-13,15H2,1-3H3. The first kappa shape index (κ1) is 49.7. The van der Waals surface area contributed by atoms with Gasteiger partial charge in [-0.2, -0.15) is 5.10 Å². The number of hydrogen-bond acceptors (Lipinski definition) is 13. The Bertz CT molecular complexity index is 2910. The van der Waals surface area contributed by atoms with Crippen molar-refractivity contribution in [2.24, 2.45) is 7.05 Å². The molecule has 1 aromatic heterocycles. The van der Waals surface area contributed by atoms with E-state index in [0.717, 1.165) is 29.8 Å². The Kier molecular flexibility index (Phi) is 14.7. The van der Waals surface area contributed by atoms with Crippen LogP contribution in [0, 0.1) is 5.82 Å². The number of piperazine rings is 1. The second kappa shape index (κ2) is 20.7. The highest BCUT2D eigenvalue weighted by molar-refractivity contribution is 7.90. The van der Waals surface area contributed by atoms with E-state index >= 15 is 0 Å². The van der Waals surface area contributed by atoms with Crippen LogP contribution in [-0.2, 0) is 28.1 Å². The van der Waals surface area contributed by atoms with E-state index in [1.54, 1.807) is 54.4 Å². The van der Waals surface area contributed by atoms with Crippen LogP contribution in [0.4, 0.5) is 29.5 Å². The molecular weight excluding hydrogens is 934 g/mol. The van der Waals surface area contributed by atoms with Crippen molar-refractivity contribution < 1.29 is 55.0 Å². The normalized spacial score (nSPS) is 17.8. The van der Waals surface area contributed by atoms with Gasteiger partial charge in [-0.05, 0) is 79.9 Å². The number of benzene rings is 4. The third kappa shape index (κ3) is 11.0. The molecule has 5 amide bonds. The molecule has 4 aliphatic heterocycles. The molecule has 70 heavy (non-hydrogen) atoms. The Morgan fingerprint density at radius 2 is 1.66 bits per heavy atom. The molecule has 5 heterocycles. The zero-order chi connectivity index (χ0) is 49.9. The van der Waals surface area contributed by atoms with E-state index in [9.17, 15) is 40.8 Å². The monoisotopic (exact) mass is 988 g/mol. The molecule has 3 saturated heterocycles. The highest BCUT2D eigenvalue weighted by atomic mass is 32.2. The first-order valence-electron chi connectivity index (χ1n) is 23.0. The van der Waals surface area contributed by atoms with Crippen molar-refractivity contribution in [3.05, 3.63) is 101 Å². The van der Waals surface area contributed by atoms with Crippen LogP contribution in [0.2, 0.25) is 0 Å². The second-order valence-electron chi connectivity index (χ2n) is 17.6. The van der Waals surface area contributed by atoms with Crippen molar-refractivity contribution >= 4 is 56.0 Å². The smallest absolute Gasteiger partial charge is 0.329 e. The summed E-state index contributed by atoms with van der Waals surface area (Å²) in [5.41, 5.74) is 3.32. The van der Waals surface area contributed by atoms with E-state index in [1.807, 2.05) is 25.1 Å². The molecule has 9 rings (SSSR count). The lowest BCUT2D eigenvalue weighted by molar-refractivity contribution is -0.120. The van der Waals surface area contributed by atoms with Gasteiger partial charge in [0.15, 0.2) is 28.9 Å². The molecule has 4 aromatic carbocycles. The Morgan fingerprint density at radius 3 is 2.34 bits per heavy atom. The molecule has 0 bridgehead atoms. The number of rotatable bonds is 14. The van der Waals surface area contributed by atoms with Gasteiger partial charge in [0.1, 0.15) is 15.6 Å². The van der Waals surface area contributed by atoms with E-state index in [0.29, 0.717) is 90.6 Å². The first-order chi connectivity index (χ1) is 33.4. The van der Waals surface area contributed by atoms with E-state index in [4.69, 9.17) is 14.2 Å². The zero-order valence-electron chi connectivity index (χ0n) is 39.3. The van der Waals surface area contributed by atoms with Gasteiger partial charge in [-0.1, -0.05) is 24.3 Å². The van der Waals surface area contributed by atoms with Gasteiger partial charge in [-0.25, -0.2) is 26.4 Å². The maximum atomic E-state index is 15.0. The highest BCUT2D eigenvalue weighted by Crippen LogP contribution is 2.40.